The number of hydrogen-bond donors (Lipinski definition) is 2. The number of rotatable bonds is 1. The SMILES string of the molecule is CN1CCc2c(sc3c2C(=O)NC(c2ccc(F)cc2)N3)C1. The van der Waals surface area contributed by atoms with Crippen molar-refractivity contribution in [3.05, 3.63) is 51.7 Å². The summed E-state index contributed by atoms with van der Waals surface area (Å²) < 4.78 is 13.1. The Balaban J connectivity index is 1.69. The van der Waals surface area contributed by atoms with Crippen molar-refractivity contribution in [2.24, 2.45) is 0 Å². The Morgan fingerprint density at radius 2 is 2.05 bits per heavy atom. The van der Waals surface area contributed by atoms with Gasteiger partial charge in [-0.1, -0.05) is 12.1 Å². The number of hydrogen-bond acceptors (Lipinski definition) is 4. The molecule has 3 heterocycles. The van der Waals surface area contributed by atoms with E-state index in [1.165, 1.54) is 22.6 Å². The lowest BCUT2D eigenvalue weighted by Crippen LogP contribution is -2.38. The van der Waals surface area contributed by atoms with E-state index in [1.807, 2.05) is 0 Å². The van der Waals surface area contributed by atoms with Crippen molar-refractivity contribution in [2.45, 2.75) is 19.1 Å². The standard InChI is InChI=1S/C16H16FN3OS/c1-20-7-6-11-12(8-20)22-16-13(11)15(21)18-14(19-16)9-2-4-10(17)5-3-9/h2-5,14,19H,6-8H2,1H3,(H,18,21). The summed E-state index contributed by atoms with van der Waals surface area (Å²) in [6, 6.07) is 6.21. The number of thiophene rings is 1. The van der Waals surface area contributed by atoms with E-state index in [0.717, 1.165) is 35.6 Å². The topological polar surface area (TPSA) is 44.4 Å². The number of halogens is 1. The van der Waals surface area contributed by atoms with E-state index in [1.54, 1.807) is 23.5 Å². The van der Waals surface area contributed by atoms with E-state index >= 15 is 0 Å². The first kappa shape index (κ1) is 13.7. The smallest absolute Gasteiger partial charge is 0.256 e. The van der Waals surface area contributed by atoms with Gasteiger partial charge >= 0.3 is 0 Å². The van der Waals surface area contributed by atoms with Crippen LogP contribution in [-0.2, 0) is 13.0 Å². The highest BCUT2D eigenvalue weighted by molar-refractivity contribution is 7.16. The van der Waals surface area contributed by atoms with Gasteiger partial charge in [0.05, 0.1) is 5.56 Å². The maximum absolute atomic E-state index is 13.1. The molecule has 1 amide bonds. The normalized spacial score (nSPS) is 20.8. The Morgan fingerprint density at radius 1 is 1.27 bits per heavy atom. The van der Waals surface area contributed by atoms with Crippen LogP contribution < -0.4 is 10.6 Å². The predicted molar refractivity (Wildman–Crippen MR) is 84.6 cm³/mol. The third kappa shape index (κ3) is 2.19. The minimum Gasteiger partial charge on any atom is -0.353 e. The number of carbonyl (C=O) groups excluding carboxylic acids is 1. The second-order valence-electron chi connectivity index (χ2n) is 5.80. The Morgan fingerprint density at radius 3 is 2.82 bits per heavy atom. The predicted octanol–water partition coefficient (Wildman–Crippen LogP) is 2.73. The van der Waals surface area contributed by atoms with E-state index in [4.69, 9.17) is 0 Å². The molecule has 2 aliphatic heterocycles. The van der Waals surface area contributed by atoms with Crippen molar-refractivity contribution < 1.29 is 9.18 Å². The fraction of sp³-hybridized carbons (Fsp3) is 0.312. The zero-order valence-corrected chi connectivity index (χ0v) is 13.0. The van der Waals surface area contributed by atoms with Crippen LogP contribution in [0.2, 0.25) is 0 Å². The minimum absolute atomic E-state index is 0.0369. The molecule has 2 N–H and O–H groups in total. The van der Waals surface area contributed by atoms with Crippen molar-refractivity contribution in [1.82, 2.24) is 10.2 Å². The maximum Gasteiger partial charge on any atom is 0.256 e. The van der Waals surface area contributed by atoms with Gasteiger partial charge in [-0.25, -0.2) is 4.39 Å². The molecule has 22 heavy (non-hydrogen) atoms. The maximum atomic E-state index is 13.1. The molecule has 0 saturated carbocycles. The van der Waals surface area contributed by atoms with Gasteiger partial charge in [-0.15, -0.1) is 11.3 Å². The molecular weight excluding hydrogens is 301 g/mol. The largest absolute Gasteiger partial charge is 0.353 e. The second kappa shape index (κ2) is 5.07. The molecule has 0 fully saturated rings. The lowest BCUT2D eigenvalue weighted by molar-refractivity contribution is 0.0935. The third-order valence-corrected chi connectivity index (χ3v) is 5.38. The molecular formula is C16H16FN3OS. The highest BCUT2D eigenvalue weighted by Crippen LogP contribution is 2.40. The molecule has 1 aromatic carbocycles. The van der Waals surface area contributed by atoms with Gasteiger partial charge in [0.25, 0.3) is 5.91 Å². The van der Waals surface area contributed by atoms with Crippen LogP contribution >= 0.6 is 11.3 Å². The first-order chi connectivity index (χ1) is 10.6. The molecule has 2 aliphatic rings. The van der Waals surface area contributed by atoms with Crippen molar-refractivity contribution >= 4 is 22.2 Å². The van der Waals surface area contributed by atoms with Crippen LogP contribution in [0.1, 0.15) is 32.5 Å². The summed E-state index contributed by atoms with van der Waals surface area (Å²) in [5.74, 6) is -0.314. The first-order valence-corrected chi connectivity index (χ1v) is 8.09. The molecule has 0 aliphatic carbocycles. The molecule has 4 nitrogen and oxygen atoms in total. The number of amides is 1. The van der Waals surface area contributed by atoms with Crippen LogP contribution in [-0.4, -0.2) is 24.4 Å². The summed E-state index contributed by atoms with van der Waals surface area (Å²) in [5, 5.41) is 7.29. The van der Waals surface area contributed by atoms with Gasteiger partial charge in [0.15, 0.2) is 0 Å². The van der Waals surface area contributed by atoms with Crippen LogP contribution in [0, 0.1) is 5.82 Å². The Kier molecular flexibility index (Phi) is 3.16. The van der Waals surface area contributed by atoms with Gasteiger partial charge in [-0.05, 0) is 36.7 Å². The summed E-state index contributed by atoms with van der Waals surface area (Å²) in [6.07, 6.45) is 0.604. The zero-order valence-electron chi connectivity index (χ0n) is 12.1. The number of fused-ring (bicyclic) bond motifs is 3. The first-order valence-electron chi connectivity index (χ1n) is 7.28. The number of likely N-dealkylation sites (N-methyl/N-ethyl adjacent to an activating group) is 1. The van der Waals surface area contributed by atoms with Crippen molar-refractivity contribution in [1.29, 1.82) is 0 Å². The molecule has 0 spiro atoms. The van der Waals surface area contributed by atoms with Gasteiger partial charge in [-0.2, -0.15) is 0 Å². The minimum atomic E-state index is -0.307. The molecule has 0 bridgehead atoms. The average molecular weight is 317 g/mol. The van der Waals surface area contributed by atoms with Gasteiger partial charge in [-0.3, -0.25) is 4.79 Å². The third-order valence-electron chi connectivity index (χ3n) is 4.23. The molecule has 0 radical (unpaired) electrons. The van der Waals surface area contributed by atoms with Crippen molar-refractivity contribution in [3.63, 3.8) is 0 Å². The van der Waals surface area contributed by atoms with E-state index < -0.39 is 0 Å². The molecule has 1 aromatic heterocycles. The zero-order chi connectivity index (χ0) is 15.3. The van der Waals surface area contributed by atoms with E-state index in [2.05, 4.69) is 22.6 Å². The summed E-state index contributed by atoms with van der Waals surface area (Å²) in [5.41, 5.74) is 2.83. The van der Waals surface area contributed by atoms with E-state index in [-0.39, 0.29) is 17.9 Å². The quantitative estimate of drug-likeness (QED) is 0.850. The highest BCUT2D eigenvalue weighted by atomic mass is 32.1. The summed E-state index contributed by atoms with van der Waals surface area (Å²) in [7, 11) is 2.09. The number of nitrogens with zero attached hydrogens (tertiary/aromatic N) is 1. The van der Waals surface area contributed by atoms with Gasteiger partial charge in [0.1, 0.15) is 17.0 Å². The fourth-order valence-corrected chi connectivity index (χ4v) is 4.42. The van der Waals surface area contributed by atoms with Crippen LogP contribution in [0.5, 0.6) is 0 Å². The van der Waals surface area contributed by atoms with Crippen LogP contribution in [0.3, 0.4) is 0 Å². The van der Waals surface area contributed by atoms with Crippen molar-refractivity contribution in [3.8, 4) is 0 Å². The van der Waals surface area contributed by atoms with Crippen LogP contribution in [0.25, 0.3) is 0 Å². The lowest BCUT2D eigenvalue weighted by atomic mass is 10.0. The number of carbonyl (C=O) groups is 1. The van der Waals surface area contributed by atoms with Crippen LogP contribution in [0.4, 0.5) is 9.39 Å². The number of nitrogens with one attached hydrogen (secondary N) is 2. The van der Waals surface area contributed by atoms with E-state index in [0.29, 0.717) is 0 Å². The number of benzene rings is 1. The van der Waals surface area contributed by atoms with Crippen LogP contribution in [0.15, 0.2) is 24.3 Å². The van der Waals surface area contributed by atoms with Gasteiger partial charge in [0.2, 0.25) is 0 Å². The summed E-state index contributed by atoms with van der Waals surface area (Å²) in [6.45, 7) is 1.87. The highest BCUT2D eigenvalue weighted by Gasteiger charge is 2.32. The Labute approximate surface area is 131 Å². The molecule has 6 heteroatoms. The number of anilines is 1. The summed E-state index contributed by atoms with van der Waals surface area (Å²) in [4.78, 5) is 16.0. The van der Waals surface area contributed by atoms with Gasteiger partial charge < -0.3 is 15.5 Å². The molecule has 1 unspecified atom stereocenters. The Hall–Kier alpha value is -1.92. The van der Waals surface area contributed by atoms with E-state index in [9.17, 15) is 9.18 Å². The molecule has 2 aromatic rings. The summed E-state index contributed by atoms with van der Waals surface area (Å²) >= 11 is 1.66. The fourth-order valence-electron chi connectivity index (χ4n) is 3.07. The average Bonchev–Trinajstić information content (AvgIpc) is 2.85. The molecule has 1 atom stereocenters. The van der Waals surface area contributed by atoms with Crippen molar-refractivity contribution in [2.75, 3.05) is 18.9 Å². The second-order valence-corrected chi connectivity index (χ2v) is 6.90. The Bertz CT molecular complexity index is 741. The van der Waals surface area contributed by atoms with Gasteiger partial charge in [0, 0.05) is 18.0 Å². The molecule has 4 rings (SSSR count). The molecule has 114 valence electrons. The molecule has 0 saturated heterocycles. The monoisotopic (exact) mass is 317 g/mol. The lowest BCUT2D eigenvalue weighted by Gasteiger charge is -2.27.